The zero-order valence-electron chi connectivity index (χ0n) is 16.7. The molecule has 3 aromatic rings. The van der Waals surface area contributed by atoms with Crippen molar-refractivity contribution in [1.82, 2.24) is 19.4 Å². The fraction of sp³-hybridized carbons (Fsp3) is 0.318. The maximum absolute atomic E-state index is 13.4. The number of benzene rings is 1. The number of hydrogen-bond acceptors (Lipinski definition) is 5. The van der Waals surface area contributed by atoms with E-state index in [1.807, 2.05) is 6.07 Å². The van der Waals surface area contributed by atoms with E-state index in [-0.39, 0.29) is 11.8 Å². The Balaban J connectivity index is 1.40. The Morgan fingerprint density at radius 1 is 1.27 bits per heavy atom. The van der Waals surface area contributed by atoms with E-state index in [0.717, 1.165) is 30.9 Å². The highest BCUT2D eigenvalue weighted by atomic mass is 19.1. The van der Waals surface area contributed by atoms with Crippen molar-refractivity contribution in [1.29, 1.82) is 0 Å². The van der Waals surface area contributed by atoms with Crippen molar-refractivity contribution in [3.8, 4) is 0 Å². The molecule has 30 heavy (non-hydrogen) atoms. The van der Waals surface area contributed by atoms with E-state index < -0.39 is 0 Å². The minimum Gasteiger partial charge on any atom is -0.383 e. The summed E-state index contributed by atoms with van der Waals surface area (Å²) in [6.45, 7) is 2.44. The van der Waals surface area contributed by atoms with Gasteiger partial charge in [-0.3, -0.25) is 4.57 Å². The number of amides is 1. The normalized spacial score (nSPS) is 12.7. The van der Waals surface area contributed by atoms with E-state index in [1.54, 1.807) is 29.4 Å². The van der Waals surface area contributed by atoms with Crippen molar-refractivity contribution < 1.29 is 9.18 Å². The summed E-state index contributed by atoms with van der Waals surface area (Å²) in [7, 11) is 0. The first-order valence-electron chi connectivity index (χ1n) is 10.2. The maximum Gasteiger partial charge on any atom is 0.329 e. The molecule has 1 amide bonds. The average molecular weight is 408 g/mol. The fourth-order valence-electron chi connectivity index (χ4n) is 3.53. The number of aryl methyl sites for hydroxylation is 1. The second-order valence-corrected chi connectivity index (χ2v) is 7.27. The Labute approximate surface area is 175 Å². The molecule has 8 heteroatoms. The molecule has 2 N–H and O–H groups in total. The van der Waals surface area contributed by atoms with Gasteiger partial charge < -0.3 is 15.5 Å². The number of imidazole rings is 1. The predicted molar refractivity (Wildman–Crippen MR) is 114 cm³/mol. The van der Waals surface area contributed by atoms with Gasteiger partial charge in [-0.05, 0) is 42.7 Å². The second-order valence-electron chi connectivity index (χ2n) is 7.27. The largest absolute Gasteiger partial charge is 0.383 e. The molecule has 0 aliphatic carbocycles. The molecule has 0 spiro atoms. The van der Waals surface area contributed by atoms with Crippen LogP contribution in [0, 0.1) is 5.82 Å². The summed E-state index contributed by atoms with van der Waals surface area (Å²) in [6, 6.07) is 10.3. The highest BCUT2D eigenvalue weighted by Crippen LogP contribution is 2.20. The number of halogens is 1. The molecule has 0 radical (unpaired) electrons. The van der Waals surface area contributed by atoms with Crippen molar-refractivity contribution in [3.05, 3.63) is 72.2 Å². The predicted octanol–water partition coefficient (Wildman–Crippen LogP) is 3.40. The lowest BCUT2D eigenvalue weighted by Gasteiger charge is -2.23. The van der Waals surface area contributed by atoms with Gasteiger partial charge in [0.15, 0.2) is 0 Å². The fourth-order valence-corrected chi connectivity index (χ4v) is 3.53. The van der Waals surface area contributed by atoms with Crippen molar-refractivity contribution in [2.24, 2.45) is 0 Å². The molecule has 0 fully saturated rings. The molecule has 0 atom stereocenters. The molecule has 1 aliphatic heterocycles. The van der Waals surface area contributed by atoms with Crippen LogP contribution in [0.5, 0.6) is 0 Å². The summed E-state index contributed by atoms with van der Waals surface area (Å²) in [5, 5.41) is 6.52. The first-order chi connectivity index (χ1) is 14.7. The number of rotatable bonds is 7. The van der Waals surface area contributed by atoms with Crippen LogP contribution in [0.3, 0.4) is 0 Å². The zero-order chi connectivity index (χ0) is 20.8. The molecule has 0 unspecified atom stereocenters. The highest BCUT2D eigenvalue weighted by Gasteiger charge is 2.16. The van der Waals surface area contributed by atoms with Gasteiger partial charge in [0.1, 0.15) is 18.0 Å². The van der Waals surface area contributed by atoms with Crippen LogP contribution >= 0.6 is 0 Å². The van der Waals surface area contributed by atoms with Crippen LogP contribution < -0.4 is 10.6 Å². The van der Waals surface area contributed by atoms with Gasteiger partial charge in [0, 0.05) is 56.4 Å². The lowest BCUT2D eigenvalue weighted by Crippen LogP contribution is -2.39. The average Bonchev–Trinajstić information content (AvgIpc) is 3.30. The lowest BCUT2D eigenvalue weighted by molar-refractivity contribution is 0.202. The van der Waals surface area contributed by atoms with E-state index in [4.69, 9.17) is 4.98 Å². The lowest BCUT2D eigenvalue weighted by atomic mass is 10.1. The van der Waals surface area contributed by atoms with Crippen LogP contribution in [0.15, 0.2) is 55.1 Å². The Bertz CT molecular complexity index is 991. The highest BCUT2D eigenvalue weighted by molar-refractivity contribution is 5.76. The van der Waals surface area contributed by atoms with Crippen molar-refractivity contribution in [2.75, 3.05) is 36.8 Å². The molecule has 3 heterocycles. The van der Waals surface area contributed by atoms with Gasteiger partial charge >= 0.3 is 6.03 Å². The van der Waals surface area contributed by atoms with Gasteiger partial charge in [-0.2, -0.15) is 0 Å². The number of aromatic nitrogens is 3. The van der Waals surface area contributed by atoms with Crippen LogP contribution in [0.25, 0.3) is 0 Å². The third kappa shape index (κ3) is 4.94. The smallest absolute Gasteiger partial charge is 0.329 e. The van der Waals surface area contributed by atoms with Crippen molar-refractivity contribution >= 4 is 17.5 Å². The topological polar surface area (TPSA) is 75.1 Å². The zero-order valence-corrected chi connectivity index (χ0v) is 16.7. The molecule has 4 rings (SSSR count). The van der Waals surface area contributed by atoms with Crippen LogP contribution in [-0.2, 0) is 12.8 Å². The standard InChI is InChI=1S/C22H25FN6O/c23-18-4-1-5-20(15-18)25-11-14-28(22(30)29-13-10-24-16-29)12-8-19-7-6-17-3-2-9-26-21(17)27-19/h1,4-7,10,13,15-16,25H,2-3,8-9,11-12,14H2,(H,26,27). The van der Waals surface area contributed by atoms with Crippen LogP contribution in [-0.4, -0.2) is 51.6 Å². The Morgan fingerprint density at radius 3 is 3.03 bits per heavy atom. The molecule has 0 saturated heterocycles. The van der Waals surface area contributed by atoms with Crippen molar-refractivity contribution in [2.45, 2.75) is 19.3 Å². The molecular formula is C22H25FN6O. The minimum atomic E-state index is -0.293. The van der Waals surface area contributed by atoms with E-state index in [2.05, 4.69) is 21.7 Å². The number of nitrogens with one attached hydrogen (secondary N) is 2. The molecule has 1 aromatic carbocycles. The molecular weight excluding hydrogens is 383 g/mol. The Morgan fingerprint density at radius 2 is 2.20 bits per heavy atom. The van der Waals surface area contributed by atoms with Crippen LogP contribution in [0.2, 0.25) is 0 Å². The number of fused-ring (bicyclic) bond motifs is 1. The maximum atomic E-state index is 13.4. The molecule has 2 aromatic heterocycles. The SMILES string of the molecule is O=C(N(CCNc1cccc(F)c1)CCc1ccc2c(n1)NCCC2)n1ccnc1. The number of nitrogens with zero attached hydrogens (tertiary/aromatic N) is 4. The number of hydrogen-bond donors (Lipinski definition) is 2. The summed E-state index contributed by atoms with van der Waals surface area (Å²) in [5.41, 5.74) is 2.88. The summed E-state index contributed by atoms with van der Waals surface area (Å²) >= 11 is 0. The Hall–Kier alpha value is -3.42. The van der Waals surface area contributed by atoms with Crippen LogP contribution in [0.4, 0.5) is 20.7 Å². The first-order valence-corrected chi connectivity index (χ1v) is 10.2. The van der Waals surface area contributed by atoms with Crippen LogP contribution in [0.1, 0.15) is 17.7 Å². The molecule has 0 bridgehead atoms. The minimum absolute atomic E-state index is 0.148. The van der Waals surface area contributed by atoms with E-state index >= 15 is 0 Å². The van der Waals surface area contributed by atoms with Gasteiger partial charge in [-0.1, -0.05) is 12.1 Å². The van der Waals surface area contributed by atoms with Gasteiger partial charge in [0.05, 0.1) is 0 Å². The van der Waals surface area contributed by atoms with E-state index in [1.165, 1.54) is 28.6 Å². The monoisotopic (exact) mass is 408 g/mol. The number of carbonyl (C=O) groups is 1. The van der Waals surface area contributed by atoms with E-state index in [9.17, 15) is 9.18 Å². The summed E-state index contributed by atoms with van der Waals surface area (Å²) in [5.74, 6) is 0.664. The molecule has 7 nitrogen and oxygen atoms in total. The number of anilines is 2. The van der Waals surface area contributed by atoms with E-state index in [0.29, 0.717) is 31.7 Å². The number of carbonyl (C=O) groups excluding carboxylic acids is 1. The van der Waals surface area contributed by atoms with Gasteiger partial charge in [0.25, 0.3) is 0 Å². The third-order valence-electron chi connectivity index (χ3n) is 5.12. The third-order valence-corrected chi connectivity index (χ3v) is 5.12. The molecule has 0 saturated carbocycles. The van der Waals surface area contributed by atoms with Crippen molar-refractivity contribution in [3.63, 3.8) is 0 Å². The molecule has 1 aliphatic rings. The quantitative estimate of drug-likeness (QED) is 0.627. The summed E-state index contributed by atoms with van der Waals surface area (Å²) in [6.07, 6.45) is 7.53. The second kappa shape index (κ2) is 9.39. The summed E-state index contributed by atoms with van der Waals surface area (Å²) in [4.78, 5) is 23.3. The first kappa shape index (κ1) is 19.9. The van der Waals surface area contributed by atoms with Gasteiger partial charge in [-0.25, -0.2) is 19.2 Å². The molecule has 156 valence electrons. The number of pyridine rings is 1. The summed E-state index contributed by atoms with van der Waals surface area (Å²) < 4.78 is 14.8. The van der Waals surface area contributed by atoms with Gasteiger partial charge in [0.2, 0.25) is 0 Å². The van der Waals surface area contributed by atoms with Gasteiger partial charge in [-0.15, -0.1) is 0 Å². The Kier molecular flexibility index (Phi) is 6.22.